The van der Waals surface area contributed by atoms with Gasteiger partial charge in [0.1, 0.15) is 0 Å². The number of nitrogens with zero attached hydrogens (tertiary/aromatic N) is 2. The molecule has 0 bridgehead atoms. The highest BCUT2D eigenvalue weighted by Crippen LogP contribution is 2.25. The van der Waals surface area contributed by atoms with E-state index < -0.39 is 0 Å². The van der Waals surface area contributed by atoms with Crippen molar-refractivity contribution in [1.29, 1.82) is 0 Å². The van der Waals surface area contributed by atoms with E-state index in [2.05, 4.69) is 29.8 Å². The highest BCUT2D eigenvalue weighted by Gasteiger charge is 2.15. The number of hydrogen-bond donors (Lipinski definition) is 1. The maximum atomic E-state index is 5.91. The first-order valence-corrected chi connectivity index (χ1v) is 7.14. The molecule has 1 aliphatic heterocycles. The zero-order valence-corrected chi connectivity index (χ0v) is 11.7. The van der Waals surface area contributed by atoms with Crippen molar-refractivity contribution >= 4 is 5.69 Å². The molecule has 3 nitrogen and oxygen atoms in total. The monoisotopic (exact) mass is 247 g/mol. The van der Waals surface area contributed by atoms with Crippen LogP contribution >= 0.6 is 0 Å². The molecule has 2 heterocycles. The molecule has 0 aromatic carbocycles. The van der Waals surface area contributed by atoms with E-state index in [1.54, 1.807) is 0 Å². The Balaban J connectivity index is 2.29. The van der Waals surface area contributed by atoms with Gasteiger partial charge in [0.2, 0.25) is 0 Å². The predicted octanol–water partition coefficient (Wildman–Crippen LogP) is 2.93. The zero-order valence-electron chi connectivity index (χ0n) is 11.7. The molecular formula is C15H25N3. The van der Waals surface area contributed by atoms with Crippen molar-refractivity contribution in [2.75, 3.05) is 18.0 Å². The fourth-order valence-corrected chi connectivity index (χ4v) is 2.86. The summed E-state index contributed by atoms with van der Waals surface area (Å²) < 4.78 is 0. The summed E-state index contributed by atoms with van der Waals surface area (Å²) in [4.78, 5) is 7.05. The average molecular weight is 247 g/mol. The Morgan fingerprint density at radius 1 is 1.11 bits per heavy atom. The molecule has 0 atom stereocenters. The van der Waals surface area contributed by atoms with Crippen LogP contribution in [0.5, 0.6) is 0 Å². The van der Waals surface area contributed by atoms with Crippen LogP contribution in [0.1, 0.15) is 49.1 Å². The Morgan fingerprint density at radius 3 is 2.33 bits per heavy atom. The summed E-state index contributed by atoms with van der Waals surface area (Å²) in [5.41, 5.74) is 10.6. The molecular weight excluding hydrogens is 222 g/mol. The summed E-state index contributed by atoms with van der Waals surface area (Å²) >= 11 is 0. The van der Waals surface area contributed by atoms with Gasteiger partial charge in [-0.15, -0.1) is 0 Å². The molecule has 100 valence electrons. The number of pyridine rings is 1. The Kier molecular flexibility index (Phi) is 4.59. The van der Waals surface area contributed by atoms with Crippen LogP contribution in [0.15, 0.2) is 6.07 Å². The quantitative estimate of drug-likeness (QED) is 0.873. The maximum Gasteiger partial charge on any atom is 0.0448 e. The first kappa shape index (κ1) is 13.3. The Hall–Kier alpha value is -1.09. The molecule has 0 aliphatic carbocycles. The third kappa shape index (κ3) is 3.02. The second-order valence-corrected chi connectivity index (χ2v) is 5.31. The van der Waals surface area contributed by atoms with E-state index in [0.717, 1.165) is 24.5 Å². The van der Waals surface area contributed by atoms with Crippen molar-refractivity contribution in [3.05, 3.63) is 23.0 Å². The minimum atomic E-state index is 0.588. The van der Waals surface area contributed by atoms with Gasteiger partial charge in [0.15, 0.2) is 0 Å². The first-order valence-electron chi connectivity index (χ1n) is 7.14. The summed E-state index contributed by atoms with van der Waals surface area (Å²) in [6, 6.07) is 2.21. The van der Waals surface area contributed by atoms with E-state index >= 15 is 0 Å². The van der Waals surface area contributed by atoms with Crippen molar-refractivity contribution < 1.29 is 0 Å². The molecule has 0 radical (unpaired) electrons. The molecule has 1 aliphatic rings. The van der Waals surface area contributed by atoms with E-state index in [1.807, 2.05) is 0 Å². The molecule has 1 saturated heterocycles. The maximum absolute atomic E-state index is 5.91. The van der Waals surface area contributed by atoms with Crippen molar-refractivity contribution in [2.24, 2.45) is 5.73 Å². The van der Waals surface area contributed by atoms with E-state index in [9.17, 15) is 0 Å². The molecule has 1 fully saturated rings. The largest absolute Gasteiger partial charge is 0.371 e. The second kappa shape index (κ2) is 6.19. The molecule has 18 heavy (non-hydrogen) atoms. The standard InChI is InChI=1S/C15H25N3/c1-12-10-15(14(11-16)13(2)17-12)18-8-6-4-3-5-7-9-18/h10H,3-9,11,16H2,1-2H3. The van der Waals surface area contributed by atoms with E-state index in [4.69, 9.17) is 5.73 Å². The zero-order chi connectivity index (χ0) is 13.0. The first-order chi connectivity index (χ1) is 8.72. The van der Waals surface area contributed by atoms with Gasteiger partial charge in [0.25, 0.3) is 0 Å². The molecule has 2 rings (SSSR count). The van der Waals surface area contributed by atoms with E-state index in [-0.39, 0.29) is 0 Å². The number of anilines is 1. The molecule has 2 N–H and O–H groups in total. The Morgan fingerprint density at radius 2 is 1.72 bits per heavy atom. The lowest BCUT2D eigenvalue weighted by Crippen LogP contribution is -2.29. The highest BCUT2D eigenvalue weighted by atomic mass is 15.1. The molecule has 3 heteroatoms. The van der Waals surface area contributed by atoms with Gasteiger partial charge in [-0.3, -0.25) is 4.98 Å². The molecule has 0 spiro atoms. The number of nitrogens with two attached hydrogens (primary N) is 1. The SMILES string of the molecule is Cc1cc(N2CCCCCCC2)c(CN)c(C)n1. The third-order valence-electron chi connectivity index (χ3n) is 3.84. The number of rotatable bonds is 2. The van der Waals surface area contributed by atoms with Crippen molar-refractivity contribution in [3.63, 3.8) is 0 Å². The van der Waals surface area contributed by atoms with Crippen LogP contribution in [-0.4, -0.2) is 18.1 Å². The van der Waals surface area contributed by atoms with Crippen LogP contribution < -0.4 is 10.6 Å². The van der Waals surface area contributed by atoms with Gasteiger partial charge in [-0.2, -0.15) is 0 Å². The summed E-state index contributed by atoms with van der Waals surface area (Å²) in [5.74, 6) is 0. The highest BCUT2D eigenvalue weighted by molar-refractivity contribution is 5.56. The smallest absolute Gasteiger partial charge is 0.0448 e. The van der Waals surface area contributed by atoms with Gasteiger partial charge in [0, 0.05) is 42.3 Å². The fraction of sp³-hybridized carbons (Fsp3) is 0.667. The Labute approximate surface area is 110 Å². The number of aromatic nitrogens is 1. The minimum absolute atomic E-state index is 0.588. The average Bonchev–Trinajstić information content (AvgIpc) is 2.27. The van der Waals surface area contributed by atoms with Gasteiger partial charge < -0.3 is 10.6 Å². The summed E-state index contributed by atoms with van der Waals surface area (Å²) in [7, 11) is 0. The normalized spacial score (nSPS) is 17.4. The third-order valence-corrected chi connectivity index (χ3v) is 3.84. The summed E-state index contributed by atoms with van der Waals surface area (Å²) in [5, 5.41) is 0. The topological polar surface area (TPSA) is 42.1 Å². The second-order valence-electron chi connectivity index (χ2n) is 5.31. The van der Waals surface area contributed by atoms with Gasteiger partial charge in [-0.25, -0.2) is 0 Å². The van der Waals surface area contributed by atoms with E-state index in [0.29, 0.717) is 6.54 Å². The Bertz CT molecular complexity index is 393. The molecule has 0 amide bonds. The van der Waals surface area contributed by atoms with E-state index in [1.165, 1.54) is 43.4 Å². The summed E-state index contributed by atoms with van der Waals surface area (Å²) in [6.07, 6.45) is 6.70. The van der Waals surface area contributed by atoms with Crippen LogP contribution in [-0.2, 0) is 6.54 Å². The number of hydrogen-bond acceptors (Lipinski definition) is 3. The lowest BCUT2D eigenvalue weighted by atomic mass is 10.1. The number of aryl methyl sites for hydroxylation is 2. The van der Waals surface area contributed by atoms with Crippen LogP contribution in [0.4, 0.5) is 5.69 Å². The minimum Gasteiger partial charge on any atom is -0.371 e. The van der Waals surface area contributed by atoms with Crippen LogP contribution in [0.25, 0.3) is 0 Å². The van der Waals surface area contributed by atoms with Gasteiger partial charge in [0.05, 0.1) is 0 Å². The van der Waals surface area contributed by atoms with Gasteiger partial charge >= 0.3 is 0 Å². The van der Waals surface area contributed by atoms with Gasteiger partial charge in [-0.05, 0) is 32.8 Å². The lowest BCUT2D eigenvalue weighted by molar-refractivity contribution is 0.555. The van der Waals surface area contributed by atoms with Crippen molar-refractivity contribution in [3.8, 4) is 0 Å². The summed E-state index contributed by atoms with van der Waals surface area (Å²) in [6.45, 7) is 7.06. The van der Waals surface area contributed by atoms with Crippen molar-refractivity contribution in [2.45, 2.75) is 52.5 Å². The van der Waals surface area contributed by atoms with Crippen molar-refractivity contribution in [1.82, 2.24) is 4.98 Å². The van der Waals surface area contributed by atoms with Crippen LogP contribution in [0.2, 0.25) is 0 Å². The fourth-order valence-electron chi connectivity index (χ4n) is 2.86. The predicted molar refractivity (Wildman–Crippen MR) is 76.9 cm³/mol. The lowest BCUT2D eigenvalue weighted by Gasteiger charge is -2.29. The molecule has 0 unspecified atom stereocenters. The van der Waals surface area contributed by atoms with Crippen LogP contribution in [0, 0.1) is 13.8 Å². The molecule has 0 saturated carbocycles. The molecule has 1 aromatic rings. The van der Waals surface area contributed by atoms with Crippen LogP contribution in [0.3, 0.4) is 0 Å². The van der Waals surface area contributed by atoms with Gasteiger partial charge in [-0.1, -0.05) is 19.3 Å². The molecule has 1 aromatic heterocycles.